The van der Waals surface area contributed by atoms with E-state index < -0.39 is 0 Å². The molecule has 0 aliphatic carbocycles. The van der Waals surface area contributed by atoms with E-state index in [-0.39, 0.29) is 0 Å². The van der Waals surface area contributed by atoms with Crippen LogP contribution in [0.2, 0.25) is 0 Å². The monoisotopic (exact) mass is 232 g/mol. The van der Waals surface area contributed by atoms with Gasteiger partial charge in [0.2, 0.25) is 0 Å². The number of anilines is 1. The third kappa shape index (κ3) is 2.12. The molecule has 0 fully saturated rings. The summed E-state index contributed by atoms with van der Waals surface area (Å²) in [4.78, 5) is 12.7. The molecule has 0 radical (unpaired) electrons. The molecule has 0 aliphatic rings. The van der Waals surface area contributed by atoms with Gasteiger partial charge in [0, 0.05) is 24.4 Å². The van der Waals surface area contributed by atoms with Gasteiger partial charge in [-0.3, -0.25) is 4.57 Å². The highest BCUT2D eigenvalue weighted by Crippen LogP contribution is 2.18. The van der Waals surface area contributed by atoms with Crippen molar-refractivity contribution in [2.45, 2.75) is 26.7 Å². The Kier molecular flexibility index (Phi) is 3.34. The van der Waals surface area contributed by atoms with Crippen LogP contribution in [-0.2, 0) is 6.42 Å². The Morgan fingerprint density at radius 3 is 2.88 bits per heavy atom. The summed E-state index contributed by atoms with van der Waals surface area (Å²) in [6.07, 6.45) is 7.14. The van der Waals surface area contributed by atoms with Crippen molar-refractivity contribution in [1.82, 2.24) is 19.5 Å². The van der Waals surface area contributed by atoms with Crippen molar-refractivity contribution in [2.75, 3.05) is 5.43 Å². The fourth-order valence-corrected chi connectivity index (χ4v) is 1.76. The first-order valence-corrected chi connectivity index (χ1v) is 5.58. The van der Waals surface area contributed by atoms with Crippen molar-refractivity contribution in [3.63, 3.8) is 0 Å². The molecule has 6 nitrogen and oxygen atoms in total. The standard InChI is InChI=1S/C11H16N6/c1-3-4-9-13-5-6-17(9)11-8(2)10(16-12)14-7-15-11/h5-7H,3-4,12H2,1-2H3,(H,14,15,16). The van der Waals surface area contributed by atoms with E-state index in [1.807, 2.05) is 17.7 Å². The Morgan fingerprint density at radius 1 is 1.35 bits per heavy atom. The minimum Gasteiger partial charge on any atom is -0.308 e. The summed E-state index contributed by atoms with van der Waals surface area (Å²) in [7, 11) is 0. The van der Waals surface area contributed by atoms with Gasteiger partial charge in [-0.2, -0.15) is 0 Å². The minimum absolute atomic E-state index is 0.631. The van der Waals surface area contributed by atoms with E-state index >= 15 is 0 Å². The van der Waals surface area contributed by atoms with Crippen LogP contribution in [0.3, 0.4) is 0 Å². The Balaban J connectivity index is 2.49. The van der Waals surface area contributed by atoms with Gasteiger partial charge in [-0.05, 0) is 13.3 Å². The quantitative estimate of drug-likeness (QED) is 0.611. The van der Waals surface area contributed by atoms with Gasteiger partial charge in [-0.25, -0.2) is 20.8 Å². The van der Waals surface area contributed by atoms with Crippen LogP contribution in [0.1, 0.15) is 24.7 Å². The molecule has 2 heterocycles. The first kappa shape index (κ1) is 11.5. The fourth-order valence-electron chi connectivity index (χ4n) is 1.76. The smallest absolute Gasteiger partial charge is 0.148 e. The van der Waals surface area contributed by atoms with Gasteiger partial charge in [-0.15, -0.1) is 0 Å². The molecule has 0 aromatic carbocycles. The molecule has 0 spiro atoms. The van der Waals surface area contributed by atoms with Gasteiger partial charge in [0.05, 0.1) is 0 Å². The molecule has 0 amide bonds. The number of hydrogen-bond acceptors (Lipinski definition) is 5. The average molecular weight is 232 g/mol. The predicted octanol–water partition coefficient (Wildman–Crippen LogP) is 1.21. The van der Waals surface area contributed by atoms with E-state index in [4.69, 9.17) is 5.84 Å². The molecule has 0 aliphatic heterocycles. The van der Waals surface area contributed by atoms with E-state index in [2.05, 4.69) is 27.3 Å². The van der Waals surface area contributed by atoms with E-state index in [1.165, 1.54) is 6.33 Å². The molecule has 90 valence electrons. The summed E-state index contributed by atoms with van der Waals surface area (Å²) in [5.74, 6) is 7.85. The van der Waals surface area contributed by atoms with E-state index in [0.717, 1.165) is 30.0 Å². The van der Waals surface area contributed by atoms with Gasteiger partial charge >= 0.3 is 0 Å². The molecule has 2 aromatic rings. The molecule has 0 unspecified atom stereocenters. The number of rotatable bonds is 4. The highest BCUT2D eigenvalue weighted by atomic mass is 15.3. The van der Waals surface area contributed by atoms with Crippen LogP contribution < -0.4 is 11.3 Å². The predicted molar refractivity (Wildman–Crippen MR) is 65.7 cm³/mol. The van der Waals surface area contributed by atoms with Crippen molar-refractivity contribution < 1.29 is 0 Å². The lowest BCUT2D eigenvalue weighted by molar-refractivity contribution is 0.792. The largest absolute Gasteiger partial charge is 0.308 e. The minimum atomic E-state index is 0.631. The van der Waals surface area contributed by atoms with Crippen molar-refractivity contribution in [1.29, 1.82) is 0 Å². The molecule has 0 saturated heterocycles. The first-order chi connectivity index (χ1) is 8.27. The summed E-state index contributed by atoms with van der Waals surface area (Å²) >= 11 is 0. The highest BCUT2D eigenvalue weighted by Gasteiger charge is 2.11. The maximum absolute atomic E-state index is 5.40. The maximum atomic E-state index is 5.40. The Bertz CT molecular complexity index is 504. The number of aromatic nitrogens is 4. The topological polar surface area (TPSA) is 81.7 Å². The summed E-state index contributed by atoms with van der Waals surface area (Å²) in [6, 6.07) is 0. The number of hydrogen-bond donors (Lipinski definition) is 2. The van der Waals surface area contributed by atoms with Crippen molar-refractivity contribution >= 4 is 5.82 Å². The Labute approximate surface area is 99.9 Å². The molecule has 3 N–H and O–H groups in total. The van der Waals surface area contributed by atoms with Crippen molar-refractivity contribution in [3.05, 3.63) is 30.1 Å². The number of aryl methyl sites for hydroxylation is 1. The van der Waals surface area contributed by atoms with Crippen molar-refractivity contribution in [3.8, 4) is 5.82 Å². The third-order valence-corrected chi connectivity index (χ3v) is 2.61. The fraction of sp³-hybridized carbons (Fsp3) is 0.364. The number of nitrogens with one attached hydrogen (secondary N) is 1. The van der Waals surface area contributed by atoms with Crippen LogP contribution in [0.15, 0.2) is 18.7 Å². The molecular weight excluding hydrogens is 216 g/mol. The summed E-state index contributed by atoms with van der Waals surface area (Å²) < 4.78 is 1.97. The summed E-state index contributed by atoms with van der Waals surface area (Å²) in [5.41, 5.74) is 3.47. The second-order valence-electron chi connectivity index (χ2n) is 3.78. The first-order valence-electron chi connectivity index (χ1n) is 5.58. The number of imidazole rings is 1. The third-order valence-electron chi connectivity index (χ3n) is 2.61. The number of hydrazine groups is 1. The van der Waals surface area contributed by atoms with Gasteiger partial charge in [-0.1, -0.05) is 6.92 Å². The maximum Gasteiger partial charge on any atom is 0.148 e. The highest BCUT2D eigenvalue weighted by molar-refractivity contribution is 5.50. The molecule has 2 aromatic heterocycles. The van der Waals surface area contributed by atoms with Gasteiger partial charge in [0.15, 0.2) is 0 Å². The zero-order chi connectivity index (χ0) is 12.3. The molecule has 2 rings (SSSR count). The van der Waals surface area contributed by atoms with Crippen molar-refractivity contribution in [2.24, 2.45) is 5.84 Å². The number of nitrogens with zero attached hydrogens (tertiary/aromatic N) is 4. The molecule has 0 atom stereocenters. The second kappa shape index (κ2) is 4.92. The lowest BCUT2D eigenvalue weighted by Gasteiger charge is -2.11. The van der Waals surface area contributed by atoms with Gasteiger partial charge in [0.25, 0.3) is 0 Å². The Morgan fingerprint density at radius 2 is 2.18 bits per heavy atom. The lowest BCUT2D eigenvalue weighted by atomic mass is 10.3. The zero-order valence-corrected chi connectivity index (χ0v) is 10.0. The summed E-state index contributed by atoms with van der Waals surface area (Å²) in [5, 5.41) is 0. The lowest BCUT2D eigenvalue weighted by Crippen LogP contribution is -2.13. The van der Waals surface area contributed by atoms with Gasteiger partial charge < -0.3 is 5.43 Å². The SMILES string of the molecule is CCCc1nccn1-c1ncnc(NN)c1C. The number of nitrogen functional groups attached to an aromatic ring is 1. The molecule has 6 heteroatoms. The van der Waals surface area contributed by atoms with Crippen LogP contribution in [-0.4, -0.2) is 19.5 Å². The molecule has 0 bridgehead atoms. The molecular formula is C11H16N6. The van der Waals surface area contributed by atoms with Crippen LogP contribution in [0, 0.1) is 6.92 Å². The zero-order valence-electron chi connectivity index (χ0n) is 10.0. The van der Waals surface area contributed by atoms with Gasteiger partial charge in [0.1, 0.15) is 23.8 Å². The van der Waals surface area contributed by atoms with E-state index in [1.54, 1.807) is 6.20 Å². The van der Waals surface area contributed by atoms with Crippen LogP contribution in [0.5, 0.6) is 0 Å². The average Bonchev–Trinajstić information content (AvgIpc) is 2.78. The Hall–Kier alpha value is -1.95. The summed E-state index contributed by atoms with van der Waals surface area (Å²) in [6.45, 7) is 4.05. The van der Waals surface area contributed by atoms with E-state index in [0.29, 0.717) is 5.82 Å². The molecule has 17 heavy (non-hydrogen) atoms. The normalized spacial score (nSPS) is 10.5. The molecule has 0 saturated carbocycles. The van der Waals surface area contributed by atoms with E-state index in [9.17, 15) is 0 Å². The van der Waals surface area contributed by atoms with Crippen LogP contribution in [0.25, 0.3) is 5.82 Å². The van der Waals surface area contributed by atoms with Crippen LogP contribution in [0.4, 0.5) is 5.82 Å². The van der Waals surface area contributed by atoms with Crippen LogP contribution >= 0.6 is 0 Å². The second-order valence-corrected chi connectivity index (χ2v) is 3.78. The number of nitrogens with two attached hydrogens (primary N) is 1.